The van der Waals surface area contributed by atoms with Gasteiger partial charge >= 0.3 is 0 Å². The van der Waals surface area contributed by atoms with E-state index >= 15 is 0 Å². The second-order valence-electron chi connectivity index (χ2n) is 4.76. The highest BCUT2D eigenvalue weighted by Crippen LogP contribution is 2.25. The Kier molecular flexibility index (Phi) is 3.66. The Morgan fingerprint density at radius 2 is 2.00 bits per heavy atom. The van der Waals surface area contributed by atoms with Crippen LogP contribution in [0, 0.1) is 11.2 Å². The van der Waals surface area contributed by atoms with Gasteiger partial charge in [0.1, 0.15) is 5.82 Å². The summed E-state index contributed by atoms with van der Waals surface area (Å²) in [7, 11) is 0. The maximum Gasteiger partial charge on any atom is 0.166 e. The molecule has 15 heavy (non-hydrogen) atoms. The number of rotatable bonds is 2. The first kappa shape index (κ1) is 12.4. The quantitative estimate of drug-likeness (QED) is 0.738. The molecule has 0 bridgehead atoms. The summed E-state index contributed by atoms with van der Waals surface area (Å²) in [6.45, 7) is 5.88. The minimum absolute atomic E-state index is 0.119. The summed E-state index contributed by atoms with van der Waals surface area (Å²) < 4.78 is 13.9. The minimum Gasteiger partial charge on any atom is -0.294 e. The molecule has 0 saturated heterocycles. The molecule has 0 N–H and O–H groups in total. The number of Topliss-reactive ketones (excluding diaryl/α,β-unsaturated/α-hetero) is 1. The molecule has 0 heterocycles. The Labute approximate surface area is 97.8 Å². The largest absolute Gasteiger partial charge is 0.294 e. The number of ketones is 1. The summed E-state index contributed by atoms with van der Waals surface area (Å²) in [6.07, 6.45) is 0.348. The molecule has 3 heteroatoms. The first-order valence-electron chi connectivity index (χ1n) is 4.78. The summed E-state index contributed by atoms with van der Waals surface area (Å²) in [5.41, 5.74) is 0.0468. The van der Waals surface area contributed by atoms with Crippen LogP contribution in [-0.4, -0.2) is 5.78 Å². The standard InChI is InChI=1S/C12H14BrFO/c1-12(2,3)7-10(15)8-5-4-6-9(13)11(8)14/h4-6H,7H2,1-3H3. The molecule has 1 rings (SSSR count). The van der Waals surface area contributed by atoms with Crippen molar-refractivity contribution in [3.05, 3.63) is 34.1 Å². The van der Waals surface area contributed by atoms with Gasteiger partial charge in [-0.2, -0.15) is 0 Å². The molecule has 0 radical (unpaired) electrons. The van der Waals surface area contributed by atoms with Gasteiger partial charge in [0, 0.05) is 6.42 Å². The first-order valence-corrected chi connectivity index (χ1v) is 5.58. The Morgan fingerprint density at radius 1 is 1.40 bits per heavy atom. The van der Waals surface area contributed by atoms with E-state index in [4.69, 9.17) is 0 Å². The highest BCUT2D eigenvalue weighted by atomic mass is 79.9. The molecule has 0 atom stereocenters. The monoisotopic (exact) mass is 272 g/mol. The van der Waals surface area contributed by atoms with Crippen molar-refractivity contribution in [3.8, 4) is 0 Å². The average molecular weight is 273 g/mol. The molecule has 0 fully saturated rings. The van der Waals surface area contributed by atoms with Crippen molar-refractivity contribution in [2.24, 2.45) is 5.41 Å². The molecule has 0 spiro atoms. The van der Waals surface area contributed by atoms with Crippen LogP contribution in [0.2, 0.25) is 0 Å². The van der Waals surface area contributed by atoms with E-state index < -0.39 is 5.82 Å². The lowest BCUT2D eigenvalue weighted by Gasteiger charge is -2.17. The molecular weight excluding hydrogens is 259 g/mol. The van der Waals surface area contributed by atoms with E-state index in [1.54, 1.807) is 12.1 Å². The lowest BCUT2D eigenvalue weighted by Crippen LogP contribution is -2.14. The van der Waals surface area contributed by atoms with Gasteiger partial charge in [-0.15, -0.1) is 0 Å². The Hall–Kier alpha value is -0.700. The highest BCUT2D eigenvalue weighted by Gasteiger charge is 2.20. The van der Waals surface area contributed by atoms with Gasteiger partial charge in [0.25, 0.3) is 0 Å². The van der Waals surface area contributed by atoms with Crippen LogP contribution in [0.3, 0.4) is 0 Å². The van der Waals surface area contributed by atoms with Crippen molar-refractivity contribution in [3.63, 3.8) is 0 Å². The molecule has 0 aliphatic heterocycles. The van der Waals surface area contributed by atoms with Gasteiger partial charge in [0.05, 0.1) is 10.0 Å². The number of carbonyl (C=O) groups excluding carboxylic acids is 1. The molecule has 0 unspecified atom stereocenters. The van der Waals surface area contributed by atoms with Crippen LogP contribution < -0.4 is 0 Å². The molecular formula is C12H14BrFO. The number of carbonyl (C=O) groups is 1. The molecule has 0 saturated carbocycles. The third kappa shape index (κ3) is 3.42. The number of hydrogen-bond donors (Lipinski definition) is 0. The second-order valence-corrected chi connectivity index (χ2v) is 5.62. The van der Waals surface area contributed by atoms with Gasteiger partial charge in [-0.3, -0.25) is 4.79 Å². The zero-order valence-corrected chi connectivity index (χ0v) is 10.7. The van der Waals surface area contributed by atoms with Gasteiger partial charge < -0.3 is 0 Å². The summed E-state index contributed by atoms with van der Waals surface area (Å²) in [6, 6.07) is 4.78. The summed E-state index contributed by atoms with van der Waals surface area (Å²) >= 11 is 3.07. The molecule has 0 aliphatic carbocycles. The van der Waals surface area contributed by atoms with Crippen LogP contribution in [-0.2, 0) is 0 Å². The summed E-state index contributed by atoms with van der Waals surface area (Å²) in [5.74, 6) is -0.618. The fourth-order valence-electron chi connectivity index (χ4n) is 1.30. The van der Waals surface area contributed by atoms with Crippen LogP contribution in [0.15, 0.2) is 22.7 Å². The predicted octanol–water partition coefficient (Wildman–Crippen LogP) is 4.21. The van der Waals surface area contributed by atoms with E-state index in [-0.39, 0.29) is 16.8 Å². The summed E-state index contributed by atoms with van der Waals surface area (Å²) in [4.78, 5) is 11.8. The van der Waals surface area contributed by atoms with Gasteiger partial charge in [-0.1, -0.05) is 26.8 Å². The molecule has 82 valence electrons. The SMILES string of the molecule is CC(C)(C)CC(=O)c1cccc(Br)c1F. The van der Waals surface area contributed by atoms with Crippen LogP contribution >= 0.6 is 15.9 Å². The number of benzene rings is 1. The smallest absolute Gasteiger partial charge is 0.166 e. The van der Waals surface area contributed by atoms with Crippen LogP contribution in [0.4, 0.5) is 4.39 Å². The highest BCUT2D eigenvalue weighted by molar-refractivity contribution is 9.10. The Bertz CT molecular complexity index is 380. The average Bonchev–Trinajstić information content (AvgIpc) is 2.06. The van der Waals surface area contributed by atoms with Crippen LogP contribution in [0.25, 0.3) is 0 Å². The number of halogens is 2. The fraction of sp³-hybridized carbons (Fsp3) is 0.417. The van der Waals surface area contributed by atoms with Gasteiger partial charge in [0.15, 0.2) is 5.78 Å². The lowest BCUT2D eigenvalue weighted by atomic mass is 9.88. The van der Waals surface area contributed by atoms with Gasteiger partial charge in [0.2, 0.25) is 0 Å². The molecule has 1 nitrogen and oxygen atoms in total. The van der Waals surface area contributed by atoms with Crippen LogP contribution in [0.1, 0.15) is 37.6 Å². The van der Waals surface area contributed by atoms with E-state index in [9.17, 15) is 9.18 Å². The maximum atomic E-state index is 13.6. The molecule has 0 aliphatic rings. The molecule has 1 aromatic rings. The van der Waals surface area contributed by atoms with Gasteiger partial charge in [-0.25, -0.2) is 4.39 Å². The Balaban J connectivity index is 2.97. The van der Waals surface area contributed by atoms with E-state index in [2.05, 4.69) is 15.9 Å². The summed E-state index contributed by atoms with van der Waals surface area (Å²) in [5, 5.41) is 0. The van der Waals surface area contributed by atoms with Crippen molar-refractivity contribution in [1.29, 1.82) is 0 Å². The van der Waals surface area contributed by atoms with E-state index in [0.717, 1.165) is 0 Å². The fourth-order valence-corrected chi connectivity index (χ4v) is 1.66. The molecule has 1 aromatic carbocycles. The second kappa shape index (κ2) is 4.44. The van der Waals surface area contributed by atoms with Crippen LogP contribution in [0.5, 0.6) is 0 Å². The minimum atomic E-state index is -0.466. The first-order chi connectivity index (χ1) is 6.81. The van der Waals surface area contributed by atoms with E-state index in [0.29, 0.717) is 10.9 Å². The Morgan fingerprint density at radius 3 is 2.53 bits per heavy atom. The number of hydrogen-bond acceptors (Lipinski definition) is 1. The van der Waals surface area contributed by atoms with Crippen molar-refractivity contribution in [2.45, 2.75) is 27.2 Å². The zero-order chi connectivity index (χ0) is 11.6. The molecule has 0 aromatic heterocycles. The zero-order valence-electron chi connectivity index (χ0n) is 9.10. The molecule has 0 amide bonds. The van der Waals surface area contributed by atoms with E-state index in [1.165, 1.54) is 6.07 Å². The van der Waals surface area contributed by atoms with Crippen molar-refractivity contribution >= 4 is 21.7 Å². The van der Waals surface area contributed by atoms with E-state index in [1.807, 2.05) is 20.8 Å². The van der Waals surface area contributed by atoms with Gasteiger partial charge in [-0.05, 0) is 33.5 Å². The third-order valence-corrected chi connectivity index (χ3v) is 2.56. The third-order valence-electron chi connectivity index (χ3n) is 1.94. The topological polar surface area (TPSA) is 17.1 Å². The maximum absolute atomic E-state index is 13.6. The lowest BCUT2D eigenvalue weighted by molar-refractivity contribution is 0.0935. The van der Waals surface area contributed by atoms with Crippen molar-refractivity contribution in [2.75, 3.05) is 0 Å². The van der Waals surface area contributed by atoms with Crippen molar-refractivity contribution in [1.82, 2.24) is 0 Å². The van der Waals surface area contributed by atoms with Crippen molar-refractivity contribution < 1.29 is 9.18 Å². The predicted molar refractivity (Wildman–Crippen MR) is 62.5 cm³/mol. The normalized spacial score (nSPS) is 11.5.